The number of nitrogens with one attached hydrogen (secondary N) is 2. The predicted octanol–water partition coefficient (Wildman–Crippen LogP) is 0.618. The second-order valence-corrected chi connectivity index (χ2v) is 3.48. The van der Waals surface area contributed by atoms with Crippen molar-refractivity contribution in [3.8, 4) is 0 Å². The molecule has 0 aromatic rings. The molecule has 5 nitrogen and oxygen atoms in total. The number of hydrogen-bond acceptors (Lipinski definition) is 4. The molecule has 0 saturated carbocycles. The molecule has 2 amide bonds. The first-order chi connectivity index (χ1) is 7.77. The average molecular weight is 240 g/mol. The summed E-state index contributed by atoms with van der Waals surface area (Å²) in [4.78, 5) is 17.1. The lowest BCUT2D eigenvalue weighted by molar-refractivity contribution is 0.246. The van der Waals surface area contributed by atoms with Gasteiger partial charge in [-0.1, -0.05) is 30.5 Å². The SMILES string of the molecule is C=CCN1C=C[N+]=C1CCCNC(=O)NS. The second-order valence-electron chi connectivity index (χ2n) is 3.26. The standard InChI is InChI=1S/C10H16N4OS/c1-2-7-14-8-6-11-9(14)4-3-5-12-10(15)13-16/h2,6,8,16H,1,3-5,7H2,(H2,12,13,15)/q+1. The van der Waals surface area contributed by atoms with Crippen LogP contribution in [0.1, 0.15) is 12.8 Å². The first kappa shape index (κ1) is 12.6. The van der Waals surface area contributed by atoms with Crippen LogP contribution in [0.5, 0.6) is 0 Å². The van der Waals surface area contributed by atoms with E-state index in [0.29, 0.717) is 6.54 Å². The lowest BCUT2D eigenvalue weighted by Crippen LogP contribution is -2.32. The zero-order valence-electron chi connectivity index (χ0n) is 9.02. The fourth-order valence-electron chi connectivity index (χ4n) is 1.36. The van der Waals surface area contributed by atoms with Gasteiger partial charge < -0.3 is 5.32 Å². The molecule has 0 atom stereocenters. The van der Waals surface area contributed by atoms with Gasteiger partial charge in [0.05, 0.1) is 6.42 Å². The zero-order chi connectivity index (χ0) is 11.8. The minimum absolute atomic E-state index is 0.280. The van der Waals surface area contributed by atoms with Gasteiger partial charge in [0.15, 0.2) is 6.20 Å². The maximum atomic E-state index is 10.8. The molecule has 0 aliphatic carbocycles. The van der Waals surface area contributed by atoms with Crippen LogP contribution in [0.4, 0.5) is 4.79 Å². The fraction of sp³-hybridized carbons (Fsp3) is 0.400. The van der Waals surface area contributed by atoms with Crippen molar-refractivity contribution in [1.82, 2.24) is 19.9 Å². The number of rotatable bonds is 6. The van der Waals surface area contributed by atoms with Crippen molar-refractivity contribution in [3.63, 3.8) is 0 Å². The molecule has 1 rings (SSSR count). The summed E-state index contributed by atoms with van der Waals surface area (Å²) in [6, 6.07) is -0.280. The molecule has 1 aliphatic heterocycles. The van der Waals surface area contributed by atoms with E-state index >= 15 is 0 Å². The second kappa shape index (κ2) is 6.95. The van der Waals surface area contributed by atoms with Crippen molar-refractivity contribution >= 4 is 24.7 Å². The monoisotopic (exact) mass is 240 g/mol. The molecule has 6 heteroatoms. The number of hydrogen-bond donors (Lipinski definition) is 3. The Morgan fingerprint density at radius 3 is 3.19 bits per heavy atom. The normalized spacial score (nSPS) is 13.6. The molecule has 87 valence electrons. The number of carbonyl (C=O) groups excluding carboxylic acids is 1. The summed E-state index contributed by atoms with van der Waals surface area (Å²) < 4.78 is 2.20. The molecule has 0 saturated heterocycles. The third-order valence-corrected chi connectivity index (χ3v) is 2.29. The van der Waals surface area contributed by atoms with Gasteiger partial charge in [0.2, 0.25) is 0 Å². The molecule has 0 aromatic carbocycles. The van der Waals surface area contributed by atoms with Crippen molar-refractivity contribution in [3.05, 3.63) is 25.1 Å². The number of amidine groups is 1. The molecule has 16 heavy (non-hydrogen) atoms. The first-order valence-electron chi connectivity index (χ1n) is 5.06. The lowest BCUT2D eigenvalue weighted by atomic mass is 10.2. The highest BCUT2D eigenvalue weighted by atomic mass is 32.1. The van der Waals surface area contributed by atoms with Crippen molar-refractivity contribution < 1.29 is 4.79 Å². The van der Waals surface area contributed by atoms with Crippen molar-refractivity contribution in [1.29, 1.82) is 0 Å². The van der Waals surface area contributed by atoms with Crippen LogP contribution in [-0.2, 0) is 0 Å². The van der Waals surface area contributed by atoms with Gasteiger partial charge in [-0.2, -0.15) is 0 Å². The van der Waals surface area contributed by atoms with E-state index < -0.39 is 0 Å². The van der Waals surface area contributed by atoms with E-state index in [0.717, 1.165) is 25.2 Å². The van der Waals surface area contributed by atoms with Crippen LogP contribution in [0.2, 0.25) is 0 Å². The summed E-state index contributed by atoms with van der Waals surface area (Å²) in [5.74, 6) is 1.01. The van der Waals surface area contributed by atoms with E-state index in [2.05, 4.69) is 34.4 Å². The maximum Gasteiger partial charge on any atom is 0.324 e. The molecule has 1 heterocycles. The molecule has 1 aliphatic rings. The molecule has 0 unspecified atom stereocenters. The molecule has 0 spiro atoms. The van der Waals surface area contributed by atoms with Crippen LogP contribution >= 0.6 is 12.8 Å². The molecule has 0 fully saturated rings. The van der Waals surface area contributed by atoms with Gasteiger partial charge in [0.1, 0.15) is 12.7 Å². The van der Waals surface area contributed by atoms with Crippen LogP contribution in [0.15, 0.2) is 25.1 Å². The van der Waals surface area contributed by atoms with Crippen LogP contribution < -0.4 is 15.0 Å². The topological polar surface area (TPSA) is 58.5 Å². The average Bonchev–Trinajstić information content (AvgIpc) is 2.72. The molecule has 0 aromatic heterocycles. The third kappa shape index (κ3) is 3.98. The summed E-state index contributed by atoms with van der Waals surface area (Å²) in [5.41, 5.74) is 0. The summed E-state index contributed by atoms with van der Waals surface area (Å²) in [6.45, 7) is 5.05. The predicted molar refractivity (Wildman–Crippen MR) is 67.9 cm³/mol. The summed E-state index contributed by atoms with van der Waals surface area (Å²) in [6.07, 6.45) is 7.19. The van der Waals surface area contributed by atoms with E-state index in [4.69, 9.17) is 0 Å². The highest BCUT2D eigenvalue weighted by Crippen LogP contribution is 2.03. The Morgan fingerprint density at radius 2 is 2.50 bits per heavy atom. The number of aliphatic imine (C=N–C) groups is 1. The Bertz CT molecular complexity index is 314. The number of urea groups is 1. The quantitative estimate of drug-likeness (QED) is 0.362. The van der Waals surface area contributed by atoms with Crippen molar-refractivity contribution in [2.45, 2.75) is 12.8 Å². The summed E-state index contributed by atoms with van der Waals surface area (Å²) in [7, 11) is 0. The van der Waals surface area contributed by atoms with Gasteiger partial charge >= 0.3 is 6.03 Å². The minimum Gasteiger partial charge on any atom is -0.337 e. The third-order valence-electron chi connectivity index (χ3n) is 2.09. The fourth-order valence-corrected chi connectivity index (χ4v) is 1.44. The van der Waals surface area contributed by atoms with Gasteiger partial charge in [0, 0.05) is 6.54 Å². The molecule has 0 bridgehead atoms. The van der Waals surface area contributed by atoms with Crippen LogP contribution in [-0.4, -0.2) is 29.9 Å². The van der Waals surface area contributed by atoms with Gasteiger partial charge in [-0.25, -0.2) is 9.69 Å². The number of nitrogens with zero attached hydrogens (tertiary/aromatic N) is 2. The molecule has 1 radical (unpaired) electrons. The van der Waals surface area contributed by atoms with Gasteiger partial charge in [-0.15, -0.1) is 0 Å². The van der Waals surface area contributed by atoms with Crippen molar-refractivity contribution in [2.24, 2.45) is 0 Å². The number of amides is 2. The highest BCUT2D eigenvalue weighted by Gasteiger charge is 2.21. The lowest BCUT2D eigenvalue weighted by Gasteiger charge is -2.07. The maximum absolute atomic E-state index is 10.8. The van der Waals surface area contributed by atoms with Gasteiger partial charge in [0.25, 0.3) is 5.84 Å². The Labute approximate surface area is 101 Å². The first-order valence-corrected chi connectivity index (χ1v) is 5.51. The molecular weight excluding hydrogens is 224 g/mol. The van der Waals surface area contributed by atoms with E-state index in [1.165, 1.54) is 0 Å². The van der Waals surface area contributed by atoms with Crippen LogP contribution in [0.25, 0.3) is 0 Å². The Morgan fingerprint density at radius 1 is 1.69 bits per heavy atom. The highest BCUT2D eigenvalue weighted by molar-refractivity contribution is 7.78. The number of thiol groups is 1. The summed E-state index contributed by atoms with van der Waals surface area (Å²) in [5, 5.41) is 2.66. The van der Waals surface area contributed by atoms with E-state index in [1.807, 2.05) is 17.2 Å². The van der Waals surface area contributed by atoms with Gasteiger partial charge in [-0.3, -0.25) is 4.72 Å². The smallest absolute Gasteiger partial charge is 0.324 e. The summed E-state index contributed by atoms with van der Waals surface area (Å²) >= 11 is 3.63. The zero-order valence-corrected chi connectivity index (χ0v) is 9.91. The van der Waals surface area contributed by atoms with Crippen LogP contribution in [0.3, 0.4) is 0 Å². The van der Waals surface area contributed by atoms with Gasteiger partial charge in [-0.05, 0) is 6.42 Å². The number of carbonyl (C=O) groups is 1. The van der Waals surface area contributed by atoms with Crippen molar-refractivity contribution in [2.75, 3.05) is 13.1 Å². The molecule has 2 N–H and O–H groups in total. The van der Waals surface area contributed by atoms with E-state index in [9.17, 15) is 4.79 Å². The Balaban J connectivity index is 2.18. The minimum atomic E-state index is -0.280. The largest absolute Gasteiger partial charge is 0.337 e. The Hall–Kier alpha value is -1.43. The van der Waals surface area contributed by atoms with E-state index in [-0.39, 0.29) is 6.03 Å². The van der Waals surface area contributed by atoms with E-state index in [1.54, 1.807) is 6.20 Å². The van der Waals surface area contributed by atoms with Crippen LogP contribution in [0, 0.1) is 0 Å². The molecular formula is C10H16N4OS+. The Kier molecular flexibility index (Phi) is 5.49.